The molecule has 31 heavy (non-hydrogen) atoms. The second-order valence-electron chi connectivity index (χ2n) is 7.88. The van der Waals surface area contributed by atoms with Gasteiger partial charge in [0.1, 0.15) is 17.0 Å². The molecule has 1 saturated heterocycles. The average molecular weight is 413 g/mol. The van der Waals surface area contributed by atoms with Crippen molar-refractivity contribution < 1.29 is 4.39 Å². The number of piperidine rings is 1. The van der Waals surface area contributed by atoms with E-state index in [0.29, 0.717) is 39.7 Å². The largest absolute Gasteiger partial charge is 0.321 e. The van der Waals surface area contributed by atoms with E-state index in [4.69, 9.17) is 4.98 Å². The van der Waals surface area contributed by atoms with E-state index in [-0.39, 0.29) is 5.82 Å². The van der Waals surface area contributed by atoms with E-state index in [1.54, 1.807) is 24.4 Å². The Hall–Kier alpha value is -3.65. The molecule has 1 aliphatic heterocycles. The summed E-state index contributed by atoms with van der Waals surface area (Å²) in [7, 11) is 0. The quantitative estimate of drug-likeness (QED) is 0.413. The van der Waals surface area contributed by atoms with Crippen LogP contribution < -0.4 is 5.32 Å². The molecule has 0 saturated carbocycles. The summed E-state index contributed by atoms with van der Waals surface area (Å²) in [6, 6.07) is 10.6. The van der Waals surface area contributed by atoms with Gasteiger partial charge in [-0.05, 0) is 55.6 Å². The Morgan fingerprint density at radius 1 is 0.968 bits per heavy atom. The fourth-order valence-corrected chi connectivity index (χ4v) is 4.40. The SMILES string of the molecule is Fc1ccccc1-c1ccnc2[nH]c(-c3n[nH]c4ncc(C5CCNCC5)cc34)nc12. The van der Waals surface area contributed by atoms with Gasteiger partial charge in [0.05, 0.1) is 5.39 Å². The van der Waals surface area contributed by atoms with Crippen LogP contribution in [0, 0.1) is 5.82 Å². The van der Waals surface area contributed by atoms with Crippen molar-refractivity contribution in [3.63, 3.8) is 0 Å². The van der Waals surface area contributed by atoms with Crippen molar-refractivity contribution in [1.29, 1.82) is 0 Å². The summed E-state index contributed by atoms with van der Waals surface area (Å²) in [5, 5.41) is 11.8. The molecule has 5 aromatic rings. The first-order valence-electron chi connectivity index (χ1n) is 10.4. The zero-order chi connectivity index (χ0) is 20.8. The predicted octanol–water partition coefficient (Wildman–Crippen LogP) is 4.17. The van der Waals surface area contributed by atoms with Crippen LogP contribution in [-0.4, -0.2) is 43.2 Å². The van der Waals surface area contributed by atoms with Gasteiger partial charge in [-0.15, -0.1) is 0 Å². The third kappa shape index (κ3) is 3.07. The number of pyridine rings is 2. The van der Waals surface area contributed by atoms with E-state index in [2.05, 4.69) is 36.5 Å². The highest BCUT2D eigenvalue weighted by Crippen LogP contribution is 2.33. The Kier molecular flexibility index (Phi) is 4.24. The summed E-state index contributed by atoms with van der Waals surface area (Å²) in [5.41, 5.74) is 5.02. The molecule has 0 unspecified atom stereocenters. The molecule has 3 N–H and O–H groups in total. The summed E-state index contributed by atoms with van der Waals surface area (Å²) in [6.45, 7) is 2.05. The molecule has 0 amide bonds. The van der Waals surface area contributed by atoms with E-state index in [9.17, 15) is 4.39 Å². The van der Waals surface area contributed by atoms with Gasteiger partial charge in [0.2, 0.25) is 0 Å². The molecule has 0 radical (unpaired) electrons. The molecule has 1 aromatic carbocycles. The van der Waals surface area contributed by atoms with Gasteiger partial charge in [-0.2, -0.15) is 5.10 Å². The molecule has 5 heterocycles. The molecule has 7 nitrogen and oxygen atoms in total. The van der Waals surface area contributed by atoms with Crippen molar-refractivity contribution in [3.05, 3.63) is 60.2 Å². The number of fused-ring (bicyclic) bond motifs is 2. The fourth-order valence-electron chi connectivity index (χ4n) is 4.40. The first-order valence-corrected chi connectivity index (χ1v) is 10.4. The van der Waals surface area contributed by atoms with E-state index in [0.717, 1.165) is 37.0 Å². The molecule has 8 heteroatoms. The van der Waals surface area contributed by atoms with E-state index in [1.165, 1.54) is 11.6 Å². The van der Waals surface area contributed by atoms with E-state index in [1.807, 2.05) is 12.3 Å². The summed E-state index contributed by atoms with van der Waals surface area (Å²) < 4.78 is 14.4. The number of rotatable bonds is 3. The zero-order valence-electron chi connectivity index (χ0n) is 16.7. The molecule has 1 aliphatic rings. The van der Waals surface area contributed by atoms with Crippen molar-refractivity contribution in [3.8, 4) is 22.6 Å². The monoisotopic (exact) mass is 413 g/mol. The molecule has 6 rings (SSSR count). The van der Waals surface area contributed by atoms with Crippen LogP contribution >= 0.6 is 0 Å². The molecule has 0 spiro atoms. The van der Waals surface area contributed by atoms with Gasteiger partial charge in [0.25, 0.3) is 0 Å². The lowest BCUT2D eigenvalue weighted by Gasteiger charge is -2.22. The van der Waals surface area contributed by atoms with Crippen LogP contribution in [0.1, 0.15) is 24.3 Å². The van der Waals surface area contributed by atoms with Gasteiger partial charge >= 0.3 is 0 Å². The number of aromatic amines is 2. The topological polar surface area (TPSA) is 95.2 Å². The molecule has 4 aromatic heterocycles. The number of hydrogen-bond donors (Lipinski definition) is 3. The highest BCUT2D eigenvalue weighted by atomic mass is 19.1. The summed E-state index contributed by atoms with van der Waals surface area (Å²) in [6.07, 6.45) is 5.80. The summed E-state index contributed by atoms with van der Waals surface area (Å²) >= 11 is 0. The van der Waals surface area contributed by atoms with Crippen LogP contribution in [0.4, 0.5) is 4.39 Å². The number of aromatic nitrogens is 6. The number of nitrogens with zero attached hydrogens (tertiary/aromatic N) is 4. The smallest absolute Gasteiger partial charge is 0.161 e. The van der Waals surface area contributed by atoms with Crippen LogP contribution in [0.5, 0.6) is 0 Å². The van der Waals surface area contributed by atoms with Crippen molar-refractivity contribution >= 4 is 22.2 Å². The van der Waals surface area contributed by atoms with Crippen LogP contribution in [0.3, 0.4) is 0 Å². The normalized spacial score (nSPS) is 15.1. The average Bonchev–Trinajstić information content (AvgIpc) is 3.43. The minimum atomic E-state index is -0.291. The lowest BCUT2D eigenvalue weighted by Crippen LogP contribution is -2.26. The van der Waals surface area contributed by atoms with Crippen molar-refractivity contribution in [2.45, 2.75) is 18.8 Å². The number of benzene rings is 1. The van der Waals surface area contributed by atoms with Gasteiger partial charge in [0.15, 0.2) is 17.1 Å². The number of imidazole rings is 1. The summed E-state index contributed by atoms with van der Waals surface area (Å²) in [4.78, 5) is 17.0. The second kappa shape index (κ2) is 7.24. The maximum Gasteiger partial charge on any atom is 0.161 e. The second-order valence-corrected chi connectivity index (χ2v) is 7.88. The van der Waals surface area contributed by atoms with Gasteiger partial charge in [-0.1, -0.05) is 18.2 Å². The van der Waals surface area contributed by atoms with Gasteiger partial charge in [-0.25, -0.2) is 19.3 Å². The Morgan fingerprint density at radius 2 is 1.84 bits per heavy atom. The van der Waals surface area contributed by atoms with Crippen LogP contribution in [-0.2, 0) is 0 Å². The number of H-pyrrole nitrogens is 2. The number of nitrogens with one attached hydrogen (secondary N) is 3. The van der Waals surface area contributed by atoms with Crippen LogP contribution in [0.2, 0.25) is 0 Å². The molecule has 154 valence electrons. The molecular weight excluding hydrogens is 393 g/mol. The standard InChI is InChI=1S/C23H20FN7/c24-18-4-2-1-3-15(18)16-7-10-26-22-19(16)28-23(29-22)20-17-11-14(12-27-21(17)31-30-20)13-5-8-25-9-6-13/h1-4,7,10-13,25H,5-6,8-9H2,(H,26,28,29)(H,27,30,31). The fraction of sp³-hybridized carbons (Fsp3) is 0.217. The Labute approximate surface area is 177 Å². The summed E-state index contributed by atoms with van der Waals surface area (Å²) in [5.74, 6) is 0.785. The number of halogens is 1. The van der Waals surface area contributed by atoms with Crippen LogP contribution in [0.25, 0.3) is 44.8 Å². The van der Waals surface area contributed by atoms with Gasteiger partial charge < -0.3 is 10.3 Å². The predicted molar refractivity (Wildman–Crippen MR) is 117 cm³/mol. The third-order valence-corrected chi connectivity index (χ3v) is 6.02. The highest BCUT2D eigenvalue weighted by molar-refractivity contribution is 5.95. The Balaban J connectivity index is 1.48. The third-order valence-electron chi connectivity index (χ3n) is 6.02. The molecular formula is C23H20FN7. The highest BCUT2D eigenvalue weighted by Gasteiger charge is 2.20. The van der Waals surface area contributed by atoms with E-state index < -0.39 is 0 Å². The molecule has 0 aliphatic carbocycles. The number of hydrogen-bond acceptors (Lipinski definition) is 5. The minimum Gasteiger partial charge on any atom is -0.321 e. The lowest BCUT2D eigenvalue weighted by atomic mass is 9.91. The van der Waals surface area contributed by atoms with Crippen LogP contribution in [0.15, 0.2) is 48.8 Å². The van der Waals surface area contributed by atoms with Gasteiger partial charge in [0, 0.05) is 23.5 Å². The van der Waals surface area contributed by atoms with E-state index >= 15 is 0 Å². The Bertz CT molecular complexity index is 1400. The molecule has 0 bridgehead atoms. The lowest BCUT2D eigenvalue weighted by molar-refractivity contribution is 0.460. The maximum absolute atomic E-state index is 14.4. The zero-order valence-corrected chi connectivity index (χ0v) is 16.7. The van der Waals surface area contributed by atoms with Gasteiger partial charge in [-0.3, -0.25) is 5.10 Å². The molecule has 1 fully saturated rings. The Morgan fingerprint density at radius 3 is 2.71 bits per heavy atom. The maximum atomic E-state index is 14.4. The minimum absolute atomic E-state index is 0.291. The first kappa shape index (κ1) is 18.1. The van der Waals surface area contributed by atoms with Crippen molar-refractivity contribution in [1.82, 2.24) is 35.5 Å². The first-order chi connectivity index (χ1) is 15.3. The van der Waals surface area contributed by atoms with Crippen molar-refractivity contribution in [2.75, 3.05) is 13.1 Å². The molecule has 0 atom stereocenters. The van der Waals surface area contributed by atoms with Crippen molar-refractivity contribution in [2.24, 2.45) is 0 Å².